The summed E-state index contributed by atoms with van der Waals surface area (Å²) in [5, 5.41) is 3.42. The van der Waals surface area contributed by atoms with Gasteiger partial charge in [-0.3, -0.25) is 9.69 Å². The molecule has 0 unspecified atom stereocenters. The molecule has 0 spiro atoms. The number of nitrogens with zero attached hydrogens (tertiary/aromatic N) is 2. The summed E-state index contributed by atoms with van der Waals surface area (Å²) in [5.74, 6) is 1.82. The molecule has 0 aromatic carbocycles. The Kier molecular flexibility index (Phi) is 3.31. The summed E-state index contributed by atoms with van der Waals surface area (Å²) < 4.78 is 5.26. The van der Waals surface area contributed by atoms with Crippen LogP contribution in [0.2, 0.25) is 0 Å². The summed E-state index contributed by atoms with van der Waals surface area (Å²) in [5.41, 5.74) is 0. The summed E-state index contributed by atoms with van der Waals surface area (Å²) in [6.07, 6.45) is 0. The number of rotatable bonds is 2. The maximum absolute atomic E-state index is 12.1. The second kappa shape index (κ2) is 4.92. The summed E-state index contributed by atoms with van der Waals surface area (Å²) >= 11 is 0. The zero-order chi connectivity index (χ0) is 11.7. The molecule has 3 heterocycles. The number of ether oxygens (including phenoxy) is 1. The summed E-state index contributed by atoms with van der Waals surface area (Å²) in [6, 6.07) is 0. The van der Waals surface area contributed by atoms with Crippen LogP contribution in [0.4, 0.5) is 0 Å². The first-order valence-electron chi connectivity index (χ1n) is 6.61. The van der Waals surface area contributed by atoms with Gasteiger partial charge in [0, 0.05) is 26.2 Å². The lowest BCUT2D eigenvalue weighted by molar-refractivity contribution is -0.136. The second-order valence-corrected chi connectivity index (χ2v) is 5.37. The first-order chi connectivity index (χ1) is 8.33. The van der Waals surface area contributed by atoms with Crippen molar-refractivity contribution in [1.82, 2.24) is 15.1 Å². The van der Waals surface area contributed by atoms with Crippen molar-refractivity contribution in [2.45, 2.75) is 0 Å². The fourth-order valence-electron chi connectivity index (χ4n) is 3.19. The largest absolute Gasteiger partial charge is 0.378 e. The molecule has 17 heavy (non-hydrogen) atoms. The Labute approximate surface area is 102 Å². The third kappa shape index (κ3) is 2.46. The van der Waals surface area contributed by atoms with Crippen LogP contribution in [0.5, 0.6) is 0 Å². The molecule has 3 fully saturated rings. The van der Waals surface area contributed by atoms with E-state index >= 15 is 0 Å². The second-order valence-electron chi connectivity index (χ2n) is 5.37. The van der Waals surface area contributed by atoms with Crippen LogP contribution >= 0.6 is 0 Å². The first kappa shape index (κ1) is 11.4. The molecular formula is C12H21N3O2. The Hall–Kier alpha value is -0.650. The van der Waals surface area contributed by atoms with Crippen LogP contribution in [-0.4, -0.2) is 74.7 Å². The quantitative estimate of drug-likeness (QED) is 0.671. The minimum Gasteiger partial charge on any atom is -0.378 e. The maximum atomic E-state index is 12.1. The molecule has 3 rings (SSSR count). The average molecular weight is 239 g/mol. The van der Waals surface area contributed by atoms with Gasteiger partial charge < -0.3 is 15.0 Å². The smallest absolute Gasteiger partial charge is 0.236 e. The molecule has 5 nitrogen and oxygen atoms in total. The zero-order valence-electron chi connectivity index (χ0n) is 10.2. The van der Waals surface area contributed by atoms with Crippen LogP contribution in [0.1, 0.15) is 0 Å². The van der Waals surface area contributed by atoms with Crippen molar-refractivity contribution in [3.63, 3.8) is 0 Å². The summed E-state index contributed by atoms with van der Waals surface area (Å²) in [4.78, 5) is 16.4. The van der Waals surface area contributed by atoms with Gasteiger partial charge in [-0.05, 0) is 24.9 Å². The van der Waals surface area contributed by atoms with Crippen molar-refractivity contribution in [2.24, 2.45) is 11.8 Å². The standard InChI is InChI=1S/C12H21N3O2/c16-12(15-1-3-17-4-2-15)9-14-7-10-5-13-6-11(10)8-14/h10-11,13H,1-9H2/t10-,11+. The van der Waals surface area contributed by atoms with E-state index in [4.69, 9.17) is 4.74 Å². The van der Waals surface area contributed by atoms with E-state index in [1.807, 2.05) is 4.90 Å². The predicted octanol–water partition coefficient (Wildman–Crippen LogP) is -1.00. The number of nitrogens with one attached hydrogen (secondary N) is 1. The molecule has 0 radical (unpaired) electrons. The fourth-order valence-corrected chi connectivity index (χ4v) is 3.19. The minimum absolute atomic E-state index is 0.279. The molecule has 3 aliphatic heterocycles. The van der Waals surface area contributed by atoms with Gasteiger partial charge in [0.1, 0.15) is 0 Å². The molecule has 3 saturated heterocycles. The van der Waals surface area contributed by atoms with Gasteiger partial charge in [-0.25, -0.2) is 0 Å². The topological polar surface area (TPSA) is 44.8 Å². The number of hydrogen-bond donors (Lipinski definition) is 1. The highest BCUT2D eigenvalue weighted by molar-refractivity contribution is 5.78. The van der Waals surface area contributed by atoms with Crippen molar-refractivity contribution >= 4 is 5.91 Å². The Balaban J connectivity index is 1.48. The van der Waals surface area contributed by atoms with Gasteiger partial charge in [0.15, 0.2) is 0 Å². The molecular weight excluding hydrogens is 218 g/mol. The molecule has 0 aromatic rings. The number of morpholine rings is 1. The van der Waals surface area contributed by atoms with Crippen molar-refractivity contribution in [3.8, 4) is 0 Å². The zero-order valence-corrected chi connectivity index (χ0v) is 10.2. The van der Waals surface area contributed by atoms with E-state index in [1.54, 1.807) is 0 Å². The molecule has 2 atom stereocenters. The molecule has 0 aliphatic carbocycles. The van der Waals surface area contributed by atoms with E-state index < -0.39 is 0 Å². The molecule has 0 bridgehead atoms. The Morgan fingerprint density at radius 3 is 2.47 bits per heavy atom. The monoisotopic (exact) mass is 239 g/mol. The van der Waals surface area contributed by atoms with Gasteiger partial charge in [-0.2, -0.15) is 0 Å². The van der Waals surface area contributed by atoms with Crippen molar-refractivity contribution in [2.75, 3.05) is 59.0 Å². The van der Waals surface area contributed by atoms with E-state index in [0.717, 1.165) is 51.1 Å². The van der Waals surface area contributed by atoms with Gasteiger partial charge in [-0.15, -0.1) is 0 Å². The van der Waals surface area contributed by atoms with Crippen LogP contribution in [0, 0.1) is 11.8 Å². The van der Waals surface area contributed by atoms with Gasteiger partial charge in [0.2, 0.25) is 5.91 Å². The van der Waals surface area contributed by atoms with Crippen LogP contribution in [0.25, 0.3) is 0 Å². The highest BCUT2D eigenvalue weighted by Gasteiger charge is 2.36. The predicted molar refractivity (Wildman–Crippen MR) is 63.7 cm³/mol. The lowest BCUT2D eigenvalue weighted by Gasteiger charge is -2.28. The number of likely N-dealkylation sites (tertiary alicyclic amines) is 1. The van der Waals surface area contributed by atoms with E-state index in [0.29, 0.717) is 19.8 Å². The van der Waals surface area contributed by atoms with E-state index in [2.05, 4.69) is 10.2 Å². The van der Waals surface area contributed by atoms with Gasteiger partial charge in [0.05, 0.1) is 19.8 Å². The number of amides is 1. The van der Waals surface area contributed by atoms with Gasteiger partial charge in [-0.1, -0.05) is 0 Å². The lowest BCUT2D eigenvalue weighted by atomic mass is 10.0. The normalized spacial score (nSPS) is 34.0. The van der Waals surface area contributed by atoms with Gasteiger partial charge in [0.25, 0.3) is 0 Å². The Morgan fingerprint density at radius 1 is 1.18 bits per heavy atom. The summed E-state index contributed by atoms with van der Waals surface area (Å²) in [6.45, 7) is 7.97. The Bertz CT molecular complexity index is 279. The van der Waals surface area contributed by atoms with Crippen molar-refractivity contribution < 1.29 is 9.53 Å². The SMILES string of the molecule is O=C(CN1C[C@H]2CNC[C@H]2C1)N1CCOCC1. The molecule has 3 aliphatic rings. The summed E-state index contributed by atoms with van der Waals surface area (Å²) in [7, 11) is 0. The first-order valence-corrected chi connectivity index (χ1v) is 6.61. The molecule has 1 amide bonds. The molecule has 0 aromatic heterocycles. The van der Waals surface area contributed by atoms with E-state index in [-0.39, 0.29) is 5.91 Å². The molecule has 5 heteroatoms. The van der Waals surface area contributed by atoms with Gasteiger partial charge >= 0.3 is 0 Å². The van der Waals surface area contributed by atoms with Crippen LogP contribution < -0.4 is 5.32 Å². The lowest BCUT2D eigenvalue weighted by Crippen LogP contribution is -2.45. The highest BCUT2D eigenvalue weighted by atomic mass is 16.5. The minimum atomic E-state index is 0.279. The highest BCUT2D eigenvalue weighted by Crippen LogP contribution is 2.25. The maximum Gasteiger partial charge on any atom is 0.236 e. The number of carbonyl (C=O) groups excluding carboxylic acids is 1. The Morgan fingerprint density at radius 2 is 1.82 bits per heavy atom. The number of hydrogen-bond acceptors (Lipinski definition) is 4. The van der Waals surface area contributed by atoms with E-state index in [9.17, 15) is 4.79 Å². The third-order valence-corrected chi connectivity index (χ3v) is 4.19. The van der Waals surface area contributed by atoms with Crippen LogP contribution in [-0.2, 0) is 9.53 Å². The third-order valence-electron chi connectivity index (χ3n) is 4.19. The molecule has 1 N–H and O–H groups in total. The molecule has 96 valence electrons. The molecule has 0 saturated carbocycles. The average Bonchev–Trinajstić information content (AvgIpc) is 2.90. The van der Waals surface area contributed by atoms with Crippen LogP contribution in [0.3, 0.4) is 0 Å². The fraction of sp³-hybridized carbons (Fsp3) is 0.917. The van der Waals surface area contributed by atoms with Crippen LogP contribution in [0.15, 0.2) is 0 Å². The van der Waals surface area contributed by atoms with Crippen molar-refractivity contribution in [3.05, 3.63) is 0 Å². The van der Waals surface area contributed by atoms with Crippen molar-refractivity contribution in [1.29, 1.82) is 0 Å². The number of carbonyl (C=O) groups is 1. The number of fused-ring (bicyclic) bond motifs is 1. The van der Waals surface area contributed by atoms with E-state index in [1.165, 1.54) is 0 Å².